The van der Waals surface area contributed by atoms with Gasteiger partial charge in [0, 0.05) is 12.3 Å². The molecule has 1 aromatic heterocycles. The highest BCUT2D eigenvalue weighted by molar-refractivity contribution is 7.98. The smallest absolute Gasteiger partial charge is 0.191 e. The Morgan fingerprint density at radius 2 is 1.82 bits per heavy atom. The zero-order valence-corrected chi connectivity index (χ0v) is 17.0. The molecule has 0 aliphatic rings. The van der Waals surface area contributed by atoms with Gasteiger partial charge < -0.3 is 4.74 Å². The van der Waals surface area contributed by atoms with Gasteiger partial charge in [0.05, 0.1) is 0 Å². The van der Waals surface area contributed by atoms with Crippen LogP contribution in [0, 0.1) is 5.82 Å². The van der Waals surface area contributed by atoms with Gasteiger partial charge in [0.25, 0.3) is 0 Å². The molecule has 146 valence electrons. The largest absolute Gasteiger partial charge is 0.486 e. The molecule has 0 unspecified atom stereocenters. The van der Waals surface area contributed by atoms with Crippen LogP contribution >= 0.6 is 11.8 Å². The Hall–Kier alpha value is -2.60. The Kier molecular flexibility index (Phi) is 6.87. The minimum atomic E-state index is -0.232. The van der Waals surface area contributed by atoms with Crippen LogP contribution in [-0.2, 0) is 18.9 Å². The van der Waals surface area contributed by atoms with Crippen LogP contribution in [-0.4, -0.2) is 14.8 Å². The van der Waals surface area contributed by atoms with Crippen LogP contribution in [0.2, 0.25) is 0 Å². The molecule has 4 nitrogen and oxygen atoms in total. The summed E-state index contributed by atoms with van der Waals surface area (Å²) < 4.78 is 20.9. The topological polar surface area (TPSA) is 39.9 Å². The van der Waals surface area contributed by atoms with Gasteiger partial charge >= 0.3 is 0 Å². The van der Waals surface area contributed by atoms with Crippen molar-refractivity contribution in [2.75, 3.05) is 0 Å². The van der Waals surface area contributed by atoms with Crippen molar-refractivity contribution >= 4 is 11.8 Å². The van der Waals surface area contributed by atoms with E-state index in [-0.39, 0.29) is 5.82 Å². The van der Waals surface area contributed by atoms with Crippen LogP contribution in [0.4, 0.5) is 4.39 Å². The molecule has 3 rings (SSSR count). The fraction of sp³-hybridized carbons (Fsp3) is 0.273. The minimum absolute atomic E-state index is 0.232. The molecule has 0 aliphatic carbocycles. The maximum atomic E-state index is 13.0. The van der Waals surface area contributed by atoms with E-state index in [1.54, 1.807) is 23.9 Å². The average molecular weight is 398 g/mol. The molecule has 1 heterocycles. The zero-order valence-electron chi connectivity index (χ0n) is 16.1. The summed E-state index contributed by atoms with van der Waals surface area (Å²) in [6, 6.07) is 14.6. The molecule has 0 N–H and O–H groups in total. The van der Waals surface area contributed by atoms with Gasteiger partial charge in [0.1, 0.15) is 18.2 Å². The van der Waals surface area contributed by atoms with Crippen molar-refractivity contribution in [3.63, 3.8) is 0 Å². The second-order valence-electron chi connectivity index (χ2n) is 6.73. The van der Waals surface area contributed by atoms with Crippen LogP contribution < -0.4 is 4.74 Å². The molecule has 3 aromatic rings. The van der Waals surface area contributed by atoms with Gasteiger partial charge in [-0.15, -0.1) is 16.8 Å². The van der Waals surface area contributed by atoms with E-state index in [0.717, 1.165) is 22.3 Å². The summed E-state index contributed by atoms with van der Waals surface area (Å²) in [4.78, 5) is 0. The maximum absolute atomic E-state index is 13.0. The van der Waals surface area contributed by atoms with Crippen molar-refractivity contribution in [2.24, 2.45) is 0 Å². The number of hydrogen-bond acceptors (Lipinski definition) is 4. The molecule has 0 atom stereocenters. The van der Waals surface area contributed by atoms with E-state index in [4.69, 9.17) is 4.74 Å². The molecule has 0 spiro atoms. The van der Waals surface area contributed by atoms with Crippen molar-refractivity contribution in [1.29, 1.82) is 0 Å². The number of benzene rings is 2. The Morgan fingerprint density at radius 3 is 2.46 bits per heavy atom. The Balaban J connectivity index is 1.65. The third-order valence-electron chi connectivity index (χ3n) is 4.30. The second-order valence-corrected chi connectivity index (χ2v) is 7.67. The molecule has 0 bridgehead atoms. The van der Waals surface area contributed by atoms with E-state index in [2.05, 4.69) is 42.8 Å². The minimum Gasteiger partial charge on any atom is -0.486 e. The summed E-state index contributed by atoms with van der Waals surface area (Å²) in [6.07, 6.45) is 1.81. The van der Waals surface area contributed by atoms with Crippen molar-refractivity contribution in [1.82, 2.24) is 14.8 Å². The highest BCUT2D eigenvalue weighted by Gasteiger charge is 2.13. The monoisotopic (exact) mass is 397 g/mol. The first kappa shape index (κ1) is 20.1. The second kappa shape index (κ2) is 9.55. The summed E-state index contributed by atoms with van der Waals surface area (Å²) in [6.45, 7) is 9.09. The molecule has 0 radical (unpaired) electrons. The summed E-state index contributed by atoms with van der Waals surface area (Å²) in [5.74, 6) is 2.50. The molecular weight excluding hydrogens is 373 g/mol. The molecule has 0 saturated heterocycles. The average Bonchev–Trinajstić information content (AvgIpc) is 3.08. The molecule has 0 fully saturated rings. The molecule has 6 heteroatoms. The first-order chi connectivity index (χ1) is 13.6. The third kappa shape index (κ3) is 5.23. The van der Waals surface area contributed by atoms with Crippen LogP contribution in [0.3, 0.4) is 0 Å². The van der Waals surface area contributed by atoms with Crippen molar-refractivity contribution in [3.05, 3.63) is 84.0 Å². The summed E-state index contributed by atoms with van der Waals surface area (Å²) in [5, 5.41) is 9.36. The van der Waals surface area contributed by atoms with Gasteiger partial charge in [0.2, 0.25) is 0 Å². The first-order valence-corrected chi connectivity index (χ1v) is 10.2. The molecule has 0 saturated carbocycles. The van der Waals surface area contributed by atoms with Crippen molar-refractivity contribution in [3.8, 4) is 5.75 Å². The molecule has 2 aromatic carbocycles. The van der Waals surface area contributed by atoms with Crippen LogP contribution in [0.1, 0.15) is 36.7 Å². The van der Waals surface area contributed by atoms with E-state index in [1.807, 2.05) is 22.8 Å². The summed E-state index contributed by atoms with van der Waals surface area (Å²) in [5.41, 5.74) is 2.31. The third-order valence-corrected chi connectivity index (χ3v) is 5.34. The summed E-state index contributed by atoms with van der Waals surface area (Å²) >= 11 is 1.56. The van der Waals surface area contributed by atoms with Crippen LogP contribution in [0.5, 0.6) is 5.75 Å². The van der Waals surface area contributed by atoms with Gasteiger partial charge in [-0.05, 0) is 41.3 Å². The number of halogens is 1. The fourth-order valence-corrected chi connectivity index (χ4v) is 3.59. The van der Waals surface area contributed by atoms with Gasteiger partial charge in [-0.25, -0.2) is 4.39 Å². The lowest BCUT2D eigenvalue weighted by molar-refractivity contribution is 0.289. The predicted octanol–water partition coefficient (Wildman–Crippen LogP) is 5.60. The predicted molar refractivity (Wildman–Crippen MR) is 111 cm³/mol. The number of rotatable bonds is 9. The number of nitrogens with zero attached hydrogens (tertiary/aromatic N) is 3. The van der Waals surface area contributed by atoms with Crippen molar-refractivity contribution in [2.45, 2.75) is 43.8 Å². The maximum Gasteiger partial charge on any atom is 0.191 e. The van der Waals surface area contributed by atoms with E-state index >= 15 is 0 Å². The number of thioether (sulfide) groups is 1. The highest BCUT2D eigenvalue weighted by Crippen LogP contribution is 2.23. The summed E-state index contributed by atoms with van der Waals surface area (Å²) in [7, 11) is 0. The van der Waals surface area contributed by atoms with Gasteiger partial charge in [0.15, 0.2) is 11.0 Å². The number of hydrogen-bond donors (Lipinski definition) is 0. The van der Waals surface area contributed by atoms with Crippen molar-refractivity contribution < 1.29 is 9.13 Å². The van der Waals surface area contributed by atoms with Gasteiger partial charge in [-0.2, -0.15) is 0 Å². The zero-order chi connectivity index (χ0) is 19.9. The van der Waals surface area contributed by atoms with Crippen LogP contribution in [0.25, 0.3) is 0 Å². The lowest BCUT2D eigenvalue weighted by atomic mass is 10.0. The SMILES string of the molecule is C=CCn1c(COc2ccc(C(C)C)cc2)nnc1SCc1ccc(F)cc1. The van der Waals surface area contributed by atoms with Gasteiger partial charge in [-0.1, -0.05) is 56.0 Å². The van der Waals surface area contributed by atoms with E-state index < -0.39 is 0 Å². The molecule has 0 amide bonds. The van der Waals surface area contributed by atoms with Gasteiger partial charge in [-0.3, -0.25) is 4.57 Å². The lowest BCUT2D eigenvalue weighted by Crippen LogP contribution is -2.07. The molecule has 28 heavy (non-hydrogen) atoms. The number of ether oxygens (including phenoxy) is 1. The quantitative estimate of drug-likeness (QED) is 0.348. The first-order valence-electron chi connectivity index (χ1n) is 9.19. The Morgan fingerprint density at radius 1 is 1.11 bits per heavy atom. The van der Waals surface area contributed by atoms with Crippen LogP contribution in [0.15, 0.2) is 66.3 Å². The normalized spacial score (nSPS) is 11.0. The standard InChI is InChI=1S/C22H24FN3OS/c1-4-13-26-21(14-27-20-11-7-18(8-12-20)16(2)3)24-25-22(26)28-15-17-5-9-19(23)10-6-17/h4-12,16H,1,13-15H2,2-3H3. The highest BCUT2D eigenvalue weighted by atomic mass is 32.2. The fourth-order valence-electron chi connectivity index (χ4n) is 2.67. The lowest BCUT2D eigenvalue weighted by Gasteiger charge is -2.10. The Bertz CT molecular complexity index is 905. The number of aromatic nitrogens is 3. The van der Waals surface area contributed by atoms with E-state index in [0.29, 0.717) is 24.8 Å². The Labute approximate surface area is 169 Å². The molecular formula is C22H24FN3OS. The molecule has 0 aliphatic heterocycles. The number of allylic oxidation sites excluding steroid dienone is 1. The van der Waals surface area contributed by atoms with E-state index in [9.17, 15) is 4.39 Å². The van der Waals surface area contributed by atoms with E-state index in [1.165, 1.54) is 17.7 Å².